The maximum absolute atomic E-state index is 12.2. The molecular formula is C20H30N4O3S. The lowest BCUT2D eigenvalue weighted by Crippen LogP contribution is -2.40. The molecule has 3 saturated heterocycles. The number of rotatable bonds is 4. The van der Waals surface area contributed by atoms with Crippen molar-refractivity contribution in [2.24, 2.45) is 11.8 Å². The van der Waals surface area contributed by atoms with Gasteiger partial charge in [0.25, 0.3) is 0 Å². The second-order valence-electron chi connectivity index (χ2n) is 8.22. The van der Waals surface area contributed by atoms with Crippen LogP contribution in [0, 0.1) is 11.8 Å². The molecule has 154 valence electrons. The number of likely N-dealkylation sites (tertiary alicyclic amines) is 1. The molecule has 3 aliphatic rings. The summed E-state index contributed by atoms with van der Waals surface area (Å²) in [4.78, 5) is 18.7. The van der Waals surface area contributed by atoms with Crippen molar-refractivity contribution in [2.75, 3.05) is 67.1 Å². The minimum Gasteiger partial charge on any atom is -0.371 e. The number of hydrogen-bond acceptors (Lipinski definition) is 5. The van der Waals surface area contributed by atoms with Gasteiger partial charge in [0.2, 0.25) is 0 Å². The van der Waals surface area contributed by atoms with E-state index in [9.17, 15) is 13.2 Å². The highest BCUT2D eigenvalue weighted by Gasteiger charge is 2.41. The van der Waals surface area contributed by atoms with Gasteiger partial charge in [-0.2, -0.15) is 0 Å². The molecule has 3 aliphatic heterocycles. The number of sulfone groups is 1. The smallest absolute Gasteiger partial charge is 0.317 e. The minimum absolute atomic E-state index is 0.0794. The Balaban J connectivity index is 1.32. The Morgan fingerprint density at radius 2 is 1.50 bits per heavy atom. The van der Waals surface area contributed by atoms with Crippen LogP contribution in [0.25, 0.3) is 0 Å². The fourth-order valence-electron chi connectivity index (χ4n) is 4.56. The zero-order chi connectivity index (χ0) is 19.7. The lowest BCUT2D eigenvalue weighted by Gasteiger charge is -2.29. The van der Waals surface area contributed by atoms with Crippen LogP contribution < -0.4 is 15.1 Å². The van der Waals surface area contributed by atoms with Gasteiger partial charge in [-0.15, -0.1) is 0 Å². The fraction of sp³-hybridized carbons (Fsp3) is 0.650. The van der Waals surface area contributed by atoms with E-state index in [1.165, 1.54) is 5.69 Å². The maximum Gasteiger partial charge on any atom is 0.317 e. The van der Waals surface area contributed by atoms with Crippen LogP contribution in [-0.2, 0) is 9.84 Å². The highest BCUT2D eigenvalue weighted by Crippen LogP contribution is 2.34. The summed E-state index contributed by atoms with van der Waals surface area (Å²) in [7, 11) is -2.85. The van der Waals surface area contributed by atoms with E-state index < -0.39 is 9.84 Å². The van der Waals surface area contributed by atoms with Crippen LogP contribution in [0.5, 0.6) is 0 Å². The molecule has 8 heteroatoms. The average Bonchev–Trinajstić information content (AvgIpc) is 3.25. The van der Waals surface area contributed by atoms with Gasteiger partial charge in [-0.3, -0.25) is 0 Å². The van der Waals surface area contributed by atoms with Crippen LogP contribution in [0.1, 0.15) is 13.3 Å². The monoisotopic (exact) mass is 406 g/mol. The van der Waals surface area contributed by atoms with Crippen molar-refractivity contribution in [2.45, 2.75) is 13.3 Å². The van der Waals surface area contributed by atoms with Gasteiger partial charge in [-0.05, 0) is 30.7 Å². The molecule has 1 aromatic carbocycles. The normalized spacial score (nSPS) is 26.4. The van der Waals surface area contributed by atoms with E-state index in [4.69, 9.17) is 0 Å². The Morgan fingerprint density at radius 3 is 2.04 bits per heavy atom. The number of fused-ring (bicyclic) bond motifs is 1. The number of benzene rings is 1. The second kappa shape index (κ2) is 7.81. The molecule has 2 amide bonds. The molecule has 1 N–H and O–H groups in total. The van der Waals surface area contributed by atoms with Crippen LogP contribution in [-0.4, -0.2) is 76.7 Å². The summed E-state index contributed by atoms with van der Waals surface area (Å²) in [6.45, 7) is 7.62. The average molecular weight is 407 g/mol. The highest BCUT2D eigenvalue weighted by molar-refractivity contribution is 7.91. The Kier molecular flexibility index (Phi) is 5.40. The van der Waals surface area contributed by atoms with Crippen molar-refractivity contribution in [3.63, 3.8) is 0 Å². The van der Waals surface area contributed by atoms with Crippen LogP contribution >= 0.6 is 0 Å². The van der Waals surface area contributed by atoms with E-state index in [-0.39, 0.29) is 17.5 Å². The number of amides is 2. The van der Waals surface area contributed by atoms with E-state index >= 15 is 0 Å². The molecule has 0 aliphatic carbocycles. The number of carbonyl (C=O) groups excluding carboxylic acids is 1. The third-order valence-corrected chi connectivity index (χ3v) is 7.83. The first-order valence-electron chi connectivity index (χ1n) is 10.3. The van der Waals surface area contributed by atoms with Gasteiger partial charge in [0.05, 0.1) is 11.5 Å². The van der Waals surface area contributed by atoms with Gasteiger partial charge < -0.3 is 20.0 Å². The first-order chi connectivity index (χ1) is 13.4. The van der Waals surface area contributed by atoms with E-state index in [2.05, 4.69) is 46.3 Å². The molecule has 3 fully saturated rings. The summed E-state index contributed by atoms with van der Waals surface area (Å²) in [6.07, 6.45) is 0.962. The first kappa shape index (κ1) is 19.4. The molecule has 0 radical (unpaired) electrons. The zero-order valence-corrected chi connectivity index (χ0v) is 17.3. The van der Waals surface area contributed by atoms with E-state index in [1.807, 2.05) is 4.90 Å². The van der Waals surface area contributed by atoms with Gasteiger partial charge in [0.1, 0.15) is 0 Å². The van der Waals surface area contributed by atoms with Crippen LogP contribution in [0.15, 0.2) is 24.3 Å². The van der Waals surface area contributed by atoms with Crippen LogP contribution in [0.4, 0.5) is 16.2 Å². The van der Waals surface area contributed by atoms with Gasteiger partial charge in [-0.1, -0.05) is 6.92 Å². The SMILES string of the molecule is CCCNC(=O)N1C[C@@H]2CN(c3ccc(N4CCS(=O)(=O)CC4)cc3)C[C@@H]2C1. The highest BCUT2D eigenvalue weighted by atomic mass is 32.2. The predicted octanol–water partition coefficient (Wildman–Crippen LogP) is 1.41. The molecule has 4 rings (SSSR count). The number of hydrogen-bond donors (Lipinski definition) is 1. The molecule has 0 aromatic heterocycles. The van der Waals surface area contributed by atoms with Gasteiger partial charge in [0.15, 0.2) is 9.84 Å². The molecule has 3 heterocycles. The van der Waals surface area contributed by atoms with Crippen molar-refractivity contribution >= 4 is 27.2 Å². The molecule has 0 spiro atoms. The molecule has 1 aromatic rings. The van der Waals surface area contributed by atoms with Crippen molar-refractivity contribution in [1.82, 2.24) is 10.2 Å². The number of carbonyl (C=O) groups is 1. The second-order valence-corrected chi connectivity index (χ2v) is 10.5. The maximum atomic E-state index is 12.2. The topological polar surface area (TPSA) is 73.0 Å². The molecule has 28 heavy (non-hydrogen) atoms. The van der Waals surface area contributed by atoms with E-state index in [0.29, 0.717) is 24.9 Å². The summed E-state index contributed by atoms with van der Waals surface area (Å²) < 4.78 is 23.2. The largest absolute Gasteiger partial charge is 0.371 e. The Labute approximate surface area is 167 Å². The van der Waals surface area contributed by atoms with E-state index in [1.54, 1.807) is 0 Å². The summed E-state index contributed by atoms with van der Waals surface area (Å²) in [5, 5.41) is 2.98. The lowest BCUT2D eigenvalue weighted by molar-refractivity contribution is 0.206. The summed E-state index contributed by atoms with van der Waals surface area (Å²) in [6, 6.07) is 8.57. The Bertz CT molecular complexity index is 783. The Morgan fingerprint density at radius 1 is 0.964 bits per heavy atom. The van der Waals surface area contributed by atoms with Crippen LogP contribution in [0.3, 0.4) is 0 Å². The quantitative estimate of drug-likeness (QED) is 0.819. The van der Waals surface area contributed by atoms with Crippen molar-refractivity contribution < 1.29 is 13.2 Å². The summed E-state index contributed by atoms with van der Waals surface area (Å²) >= 11 is 0. The summed E-state index contributed by atoms with van der Waals surface area (Å²) in [5.41, 5.74) is 2.31. The molecule has 0 bridgehead atoms. The molecule has 7 nitrogen and oxygen atoms in total. The molecule has 0 unspecified atom stereocenters. The van der Waals surface area contributed by atoms with Gasteiger partial charge in [0, 0.05) is 69.0 Å². The third-order valence-electron chi connectivity index (χ3n) is 6.22. The molecular weight excluding hydrogens is 376 g/mol. The van der Waals surface area contributed by atoms with Crippen molar-refractivity contribution in [3.05, 3.63) is 24.3 Å². The number of anilines is 2. The third kappa shape index (κ3) is 4.06. The summed E-state index contributed by atoms with van der Waals surface area (Å²) in [5.74, 6) is 1.57. The fourth-order valence-corrected chi connectivity index (χ4v) is 5.76. The Hall–Kier alpha value is -1.96. The predicted molar refractivity (Wildman–Crippen MR) is 112 cm³/mol. The van der Waals surface area contributed by atoms with Gasteiger partial charge >= 0.3 is 6.03 Å². The molecule has 2 atom stereocenters. The number of nitrogens with zero attached hydrogens (tertiary/aromatic N) is 3. The van der Waals surface area contributed by atoms with Crippen molar-refractivity contribution in [3.8, 4) is 0 Å². The van der Waals surface area contributed by atoms with Crippen LogP contribution in [0.2, 0.25) is 0 Å². The van der Waals surface area contributed by atoms with Crippen molar-refractivity contribution in [1.29, 1.82) is 0 Å². The number of urea groups is 1. The number of nitrogens with one attached hydrogen (secondary N) is 1. The zero-order valence-electron chi connectivity index (χ0n) is 16.5. The first-order valence-corrected chi connectivity index (χ1v) is 12.1. The lowest BCUT2D eigenvalue weighted by atomic mass is 10.0. The van der Waals surface area contributed by atoms with E-state index in [0.717, 1.165) is 44.8 Å². The standard InChI is InChI=1S/C20H30N4O3S/c1-2-7-21-20(25)24-14-16-12-23(13-17(16)15-24)19-5-3-18(4-6-19)22-8-10-28(26,27)11-9-22/h3-6,16-17H,2,7-15H2,1H3,(H,21,25)/t16-,17+. The molecule has 0 saturated carbocycles. The van der Waals surface area contributed by atoms with Gasteiger partial charge in [-0.25, -0.2) is 13.2 Å². The minimum atomic E-state index is -2.85.